The molecule has 3 aromatic rings. The van der Waals surface area contributed by atoms with Gasteiger partial charge in [-0.25, -0.2) is 4.68 Å². The van der Waals surface area contributed by atoms with Crippen molar-refractivity contribution in [2.45, 2.75) is 13.1 Å². The highest BCUT2D eigenvalue weighted by Gasteiger charge is 2.03. The third-order valence-corrected chi connectivity index (χ3v) is 3.32. The summed E-state index contributed by atoms with van der Waals surface area (Å²) in [6, 6.07) is 16.7. The average Bonchev–Trinajstić information content (AvgIpc) is 3.01. The van der Waals surface area contributed by atoms with Crippen LogP contribution in [-0.2, 0) is 13.1 Å². The lowest BCUT2D eigenvalue weighted by molar-refractivity contribution is 0.650. The van der Waals surface area contributed by atoms with Gasteiger partial charge in [-0.15, -0.1) is 5.10 Å². The summed E-state index contributed by atoms with van der Waals surface area (Å²) in [5, 5.41) is 7.77. The third kappa shape index (κ3) is 2.60. The summed E-state index contributed by atoms with van der Waals surface area (Å²) in [5.41, 5.74) is 10.5. The molecule has 3 rings (SSSR count). The first-order chi connectivity index (χ1) is 9.86. The van der Waals surface area contributed by atoms with Gasteiger partial charge >= 0.3 is 0 Å². The molecule has 1 heterocycles. The van der Waals surface area contributed by atoms with E-state index in [9.17, 15) is 0 Å². The molecule has 0 saturated heterocycles. The summed E-state index contributed by atoms with van der Waals surface area (Å²) in [4.78, 5) is 0. The average molecular weight is 264 g/mol. The Labute approximate surface area is 117 Å². The summed E-state index contributed by atoms with van der Waals surface area (Å²) in [7, 11) is 0. The predicted molar refractivity (Wildman–Crippen MR) is 78.9 cm³/mol. The van der Waals surface area contributed by atoms with Gasteiger partial charge in [0.1, 0.15) is 0 Å². The van der Waals surface area contributed by atoms with Gasteiger partial charge in [-0.1, -0.05) is 53.7 Å². The van der Waals surface area contributed by atoms with Crippen molar-refractivity contribution in [3.05, 3.63) is 72.1 Å². The third-order valence-electron chi connectivity index (χ3n) is 3.32. The van der Waals surface area contributed by atoms with E-state index in [-0.39, 0.29) is 0 Å². The standard InChI is InChI=1S/C16H16N4/c17-11-15-3-1-2-4-16(15)14-7-5-13(6-8-14)12-20-10-9-18-19-20/h1-10H,11-12,17H2. The Bertz CT molecular complexity index is 672. The molecule has 0 unspecified atom stereocenters. The summed E-state index contributed by atoms with van der Waals surface area (Å²) in [5.74, 6) is 0. The van der Waals surface area contributed by atoms with Gasteiger partial charge in [-0.05, 0) is 22.3 Å². The molecule has 0 spiro atoms. The van der Waals surface area contributed by atoms with Gasteiger partial charge in [-0.2, -0.15) is 0 Å². The summed E-state index contributed by atoms with van der Waals surface area (Å²) < 4.78 is 1.81. The molecule has 0 atom stereocenters. The molecule has 0 aliphatic carbocycles. The number of nitrogens with two attached hydrogens (primary N) is 1. The van der Waals surface area contributed by atoms with E-state index in [1.165, 1.54) is 16.7 Å². The molecule has 0 radical (unpaired) electrons. The molecule has 0 bridgehead atoms. The number of nitrogens with zero attached hydrogens (tertiary/aromatic N) is 3. The molecule has 1 aromatic heterocycles. The van der Waals surface area contributed by atoms with E-state index in [0.717, 1.165) is 12.1 Å². The molecular weight excluding hydrogens is 248 g/mol. The smallest absolute Gasteiger partial charge is 0.0693 e. The minimum atomic E-state index is 0.552. The van der Waals surface area contributed by atoms with Crippen LogP contribution in [0.2, 0.25) is 0 Å². The maximum absolute atomic E-state index is 5.79. The SMILES string of the molecule is NCc1ccccc1-c1ccc(Cn2ccnn2)cc1. The van der Waals surface area contributed by atoms with Crippen LogP contribution in [0.5, 0.6) is 0 Å². The number of hydrogen-bond acceptors (Lipinski definition) is 3. The first kappa shape index (κ1) is 12.6. The predicted octanol–water partition coefficient (Wildman–Crippen LogP) is 2.45. The highest BCUT2D eigenvalue weighted by atomic mass is 15.4. The number of rotatable bonds is 4. The molecule has 2 N–H and O–H groups in total. The lowest BCUT2D eigenvalue weighted by atomic mass is 9.99. The quantitative estimate of drug-likeness (QED) is 0.787. The van der Waals surface area contributed by atoms with Crippen LogP contribution in [0.15, 0.2) is 60.9 Å². The van der Waals surface area contributed by atoms with Gasteiger partial charge in [0.25, 0.3) is 0 Å². The second-order valence-electron chi connectivity index (χ2n) is 4.66. The maximum Gasteiger partial charge on any atom is 0.0693 e. The zero-order valence-corrected chi connectivity index (χ0v) is 11.1. The lowest BCUT2D eigenvalue weighted by Gasteiger charge is -2.08. The van der Waals surface area contributed by atoms with Crippen molar-refractivity contribution in [3.63, 3.8) is 0 Å². The van der Waals surface area contributed by atoms with E-state index in [2.05, 4.69) is 46.7 Å². The molecule has 20 heavy (non-hydrogen) atoms. The second kappa shape index (κ2) is 5.67. The van der Waals surface area contributed by atoms with Crippen LogP contribution in [0.25, 0.3) is 11.1 Å². The highest BCUT2D eigenvalue weighted by molar-refractivity contribution is 5.67. The summed E-state index contributed by atoms with van der Waals surface area (Å²) >= 11 is 0. The molecular formula is C16H16N4. The Morgan fingerprint density at radius 2 is 1.80 bits per heavy atom. The first-order valence-corrected chi connectivity index (χ1v) is 6.58. The van der Waals surface area contributed by atoms with Crippen molar-refractivity contribution in [2.24, 2.45) is 5.73 Å². The van der Waals surface area contributed by atoms with E-state index >= 15 is 0 Å². The molecule has 4 heteroatoms. The summed E-state index contributed by atoms with van der Waals surface area (Å²) in [6.45, 7) is 1.29. The Balaban J connectivity index is 1.85. The zero-order chi connectivity index (χ0) is 13.8. The number of hydrogen-bond donors (Lipinski definition) is 1. The Morgan fingerprint density at radius 1 is 1.00 bits per heavy atom. The number of aromatic nitrogens is 3. The van der Waals surface area contributed by atoms with Crippen molar-refractivity contribution in [1.29, 1.82) is 0 Å². The Kier molecular flexibility index (Phi) is 3.56. The van der Waals surface area contributed by atoms with Gasteiger partial charge in [0.15, 0.2) is 0 Å². The largest absolute Gasteiger partial charge is 0.326 e. The monoisotopic (exact) mass is 264 g/mol. The molecule has 0 amide bonds. The van der Waals surface area contributed by atoms with Crippen LogP contribution >= 0.6 is 0 Å². The fourth-order valence-corrected chi connectivity index (χ4v) is 2.27. The zero-order valence-electron chi connectivity index (χ0n) is 11.1. The maximum atomic E-state index is 5.79. The van der Waals surface area contributed by atoms with Crippen LogP contribution in [0.1, 0.15) is 11.1 Å². The molecule has 4 nitrogen and oxygen atoms in total. The van der Waals surface area contributed by atoms with Crippen LogP contribution in [0, 0.1) is 0 Å². The molecule has 0 aliphatic rings. The van der Waals surface area contributed by atoms with Gasteiger partial charge < -0.3 is 5.73 Å². The minimum Gasteiger partial charge on any atom is -0.326 e. The summed E-state index contributed by atoms with van der Waals surface area (Å²) in [6.07, 6.45) is 3.55. The van der Waals surface area contributed by atoms with E-state index in [1.54, 1.807) is 6.20 Å². The fourth-order valence-electron chi connectivity index (χ4n) is 2.27. The van der Waals surface area contributed by atoms with Crippen molar-refractivity contribution in [2.75, 3.05) is 0 Å². The van der Waals surface area contributed by atoms with Crippen LogP contribution in [0.4, 0.5) is 0 Å². The van der Waals surface area contributed by atoms with Crippen molar-refractivity contribution >= 4 is 0 Å². The minimum absolute atomic E-state index is 0.552. The normalized spacial score (nSPS) is 10.7. The molecule has 0 saturated carbocycles. The van der Waals surface area contributed by atoms with Crippen molar-refractivity contribution < 1.29 is 0 Å². The van der Waals surface area contributed by atoms with Crippen molar-refractivity contribution in [3.8, 4) is 11.1 Å². The van der Waals surface area contributed by atoms with Crippen LogP contribution in [-0.4, -0.2) is 15.0 Å². The second-order valence-corrected chi connectivity index (χ2v) is 4.66. The van der Waals surface area contributed by atoms with Gasteiger partial charge in [-0.3, -0.25) is 0 Å². The molecule has 0 aliphatic heterocycles. The van der Waals surface area contributed by atoms with E-state index < -0.39 is 0 Å². The Morgan fingerprint density at radius 3 is 2.50 bits per heavy atom. The van der Waals surface area contributed by atoms with Gasteiger partial charge in [0.2, 0.25) is 0 Å². The molecule has 2 aromatic carbocycles. The lowest BCUT2D eigenvalue weighted by Crippen LogP contribution is -2.01. The molecule has 100 valence electrons. The van der Waals surface area contributed by atoms with Crippen LogP contribution < -0.4 is 5.73 Å². The first-order valence-electron chi connectivity index (χ1n) is 6.58. The van der Waals surface area contributed by atoms with Crippen molar-refractivity contribution in [1.82, 2.24) is 15.0 Å². The van der Waals surface area contributed by atoms with E-state index in [1.807, 2.05) is 23.0 Å². The highest BCUT2D eigenvalue weighted by Crippen LogP contribution is 2.23. The van der Waals surface area contributed by atoms with E-state index in [4.69, 9.17) is 5.73 Å². The number of benzene rings is 2. The molecule has 0 fully saturated rings. The Hall–Kier alpha value is -2.46. The van der Waals surface area contributed by atoms with Crippen LogP contribution in [0.3, 0.4) is 0 Å². The van der Waals surface area contributed by atoms with Gasteiger partial charge in [0.05, 0.1) is 12.7 Å². The van der Waals surface area contributed by atoms with Gasteiger partial charge in [0, 0.05) is 12.7 Å². The van der Waals surface area contributed by atoms with E-state index in [0.29, 0.717) is 6.54 Å². The fraction of sp³-hybridized carbons (Fsp3) is 0.125. The topological polar surface area (TPSA) is 56.7 Å².